The van der Waals surface area contributed by atoms with E-state index in [1.54, 1.807) is 0 Å². The molecule has 1 N–H and O–H groups in total. The number of hydrogen-bond donors (Lipinski definition) is 1. The molecule has 0 bridgehead atoms. The first kappa shape index (κ1) is 15.2. The Morgan fingerprint density at radius 3 is 2.00 bits per heavy atom. The third-order valence-corrected chi connectivity index (χ3v) is 3.49. The highest BCUT2D eigenvalue weighted by atomic mass is 15.2. The van der Waals surface area contributed by atoms with Gasteiger partial charge in [-0.05, 0) is 46.7 Å². The summed E-state index contributed by atoms with van der Waals surface area (Å²) in [5.74, 6) is 0. The molecule has 1 rings (SSSR count). The average Bonchev–Trinajstić information content (AvgIpc) is 2.34. The van der Waals surface area contributed by atoms with Crippen LogP contribution in [0.5, 0.6) is 0 Å². The molecule has 1 aromatic rings. The van der Waals surface area contributed by atoms with Gasteiger partial charge in [-0.3, -0.25) is 4.90 Å². The summed E-state index contributed by atoms with van der Waals surface area (Å²) in [6.45, 7) is 10.2. The Morgan fingerprint density at radius 2 is 1.56 bits per heavy atom. The quantitative estimate of drug-likeness (QED) is 0.798. The van der Waals surface area contributed by atoms with Crippen LogP contribution in [0.4, 0.5) is 0 Å². The molecule has 2 nitrogen and oxygen atoms in total. The summed E-state index contributed by atoms with van der Waals surface area (Å²) in [5, 5.41) is 3.45. The van der Waals surface area contributed by atoms with Crippen LogP contribution in [0.25, 0.3) is 0 Å². The molecule has 0 unspecified atom stereocenters. The van der Waals surface area contributed by atoms with E-state index in [4.69, 9.17) is 0 Å². The molecule has 0 amide bonds. The van der Waals surface area contributed by atoms with Gasteiger partial charge >= 0.3 is 0 Å². The second-order valence-electron chi connectivity index (χ2n) is 5.56. The average molecular weight is 248 g/mol. The largest absolute Gasteiger partial charge is 0.315 e. The van der Waals surface area contributed by atoms with Crippen LogP contribution in [-0.4, -0.2) is 36.6 Å². The van der Waals surface area contributed by atoms with Crippen LogP contribution in [-0.2, 0) is 6.42 Å². The van der Waals surface area contributed by atoms with E-state index in [9.17, 15) is 0 Å². The Labute approximate surface area is 112 Å². The highest BCUT2D eigenvalue weighted by molar-refractivity contribution is 5.16. The fraction of sp³-hybridized carbons (Fsp3) is 0.625. The lowest BCUT2D eigenvalue weighted by Crippen LogP contribution is -2.46. The second kappa shape index (κ2) is 7.55. The predicted molar refractivity (Wildman–Crippen MR) is 80.0 cm³/mol. The molecular weight excluding hydrogens is 220 g/mol. The zero-order valence-electron chi connectivity index (χ0n) is 12.5. The zero-order valence-corrected chi connectivity index (χ0v) is 12.5. The van der Waals surface area contributed by atoms with Crippen LogP contribution in [0, 0.1) is 0 Å². The van der Waals surface area contributed by atoms with Crippen LogP contribution in [0.3, 0.4) is 0 Å². The Hall–Kier alpha value is -0.860. The van der Waals surface area contributed by atoms with E-state index < -0.39 is 0 Å². The minimum absolute atomic E-state index is 0.511. The molecule has 0 aromatic heterocycles. The lowest BCUT2D eigenvalue weighted by atomic mass is 10.0. The summed E-state index contributed by atoms with van der Waals surface area (Å²) >= 11 is 0. The van der Waals surface area contributed by atoms with Gasteiger partial charge in [-0.1, -0.05) is 30.3 Å². The lowest BCUT2D eigenvalue weighted by Gasteiger charge is -2.34. The van der Waals surface area contributed by atoms with Crippen molar-refractivity contribution in [2.24, 2.45) is 0 Å². The van der Waals surface area contributed by atoms with Crippen LogP contribution in [0.1, 0.15) is 33.3 Å². The van der Waals surface area contributed by atoms with E-state index in [0.717, 1.165) is 13.0 Å². The fourth-order valence-electron chi connectivity index (χ4n) is 2.43. The zero-order chi connectivity index (χ0) is 13.5. The van der Waals surface area contributed by atoms with Crippen molar-refractivity contribution in [2.45, 2.75) is 52.2 Å². The third-order valence-electron chi connectivity index (χ3n) is 3.49. The molecule has 18 heavy (non-hydrogen) atoms. The van der Waals surface area contributed by atoms with Gasteiger partial charge in [0, 0.05) is 24.7 Å². The van der Waals surface area contributed by atoms with Crippen molar-refractivity contribution < 1.29 is 0 Å². The molecule has 0 saturated heterocycles. The van der Waals surface area contributed by atoms with E-state index in [0.29, 0.717) is 18.1 Å². The summed E-state index contributed by atoms with van der Waals surface area (Å²) in [6, 6.07) is 12.4. The van der Waals surface area contributed by atoms with E-state index in [1.165, 1.54) is 5.56 Å². The highest BCUT2D eigenvalue weighted by Gasteiger charge is 2.18. The molecular formula is C16H28N2. The Bertz CT molecular complexity index is 311. The minimum Gasteiger partial charge on any atom is -0.315 e. The van der Waals surface area contributed by atoms with Crippen LogP contribution in [0.2, 0.25) is 0 Å². The number of nitrogens with one attached hydrogen (secondary N) is 1. The van der Waals surface area contributed by atoms with Gasteiger partial charge < -0.3 is 5.32 Å². The van der Waals surface area contributed by atoms with Gasteiger partial charge in [-0.2, -0.15) is 0 Å². The Kier molecular flexibility index (Phi) is 6.37. The molecule has 0 saturated carbocycles. The topological polar surface area (TPSA) is 15.3 Å². The maximum absolute atomic E-state index is 3.45. The van der Waals surface area contributed by atoms with Crippen molar-refractivity contribution in [3.63, 3.8) is 0 Å². The molecule has 102 valence electrons. The summed E-state index contributed by atoms with van der Waals surface area (Å²) in [4.78, 5) is 2.55. The molecule has 0 radical (unpaired) electrons. The smallest absolute Gasteiger partial charge is 0.0232 e. The monoisotopic (exact) mass is 248 g/mol. The molecule has 0 aliphatic rings. The third kappa shape index (κ3) is 4.79. The SMILES string of the molecule is CN[C@@H](Cc1ccccc1)CN(C(C)C)C(C)C. The molecule has 0 fully saturated rings. The van der Waals surface area contributed by atoms with Crippen molar-refractivity contribution >= 4 is 0 Å². The summed E-state index contributed by atoms with van der Waals surface area (Å²) < 4.78 is 0. The second-order valence-corrected chi connectivity index (χ2v) is 5.56. The molecule has 1 atom stereocenters. The van der Waals surface area contributed by atoms with Crippen molar-refractivity contribution in [3.8, 4) is 0 Å². The number of benzene rings is 1. The maximum atomic E-state index is 3.45. The maximum Gasteiger partial charge on any atom is 0.0232 e. The normalized spacial score (nSPS) is 13.6. The van der Waals surface area contributed by atoms with Gasteiger partial charge in [0.15, 0.2) is 0 Å². The first-order chi connectivity index (χ1) is 8.54. The number of hydrogen-bond acceptors (Lipinski definition) is 2. The van der Waals surface area contributed by atoms with Gasteiger partial charge in [-0.15, -0.1) is 0 Å². The van der Waals surface area contributed by atoms with Crippen LogP contribution < -0.4 is 5.32 Å². The van der Waals surface area contributed by atoms with Crippen molar-refractivity contribution in [3.05, 3.63) is 35.9 Å². The predicted octanol–water partition coefficient (Wildman–Crippen LogP) is 2.94. The van der Waals surface area contributed by atoms with Gasteiger partial charge in [0.25, 0.3) is 0 Å². The number of likely N-dealkylation sites (N-methyl/N-ethyl adjacent to an activating group) is 1. The highest BCUT2D eigenvalue weighted by Crippen LogP contribution is 2.09. The number of nitrogens with zero attached hydrogens (tertiary/aromatic N) is 1. The Morgan fingerprint density at radius 1 is 1.00 bits per heavy atom. The van der Waals surface area contributed by atoms with E-state index in [-0.39, 0.29) is 0 Å². The standard InChI is InChI=1S/C16H28N2/c1-13(2)18(14(3)4)12-16(17-5)11-15-9-7-6-8-10-15/h6-10,13-14,16-17H,11-12H2,1-5H3/t16-/m0/s1. The fourth-order valence-corrected chi connectivity index (χ4v) is 2.43. The summed E-state index contributed by atoms with van der Waals surface area (Å²) in [6.07, 6.45) is 1.09. The van der Waals surface area contributed by atoms with Crippen molar-refractivity contribution in [1.82, 2.24) is 10.2 Å². The first-order valence-electron chi connectivity index (χ1n) is 7.01. The van der Waals surface area contributed by atoms with Crippen molar-refractivity contribution in [1.29, 1.82) is 0 Å². The first-order valence-corrected chi connectivity index (χ1v) is 7.01. The van der Waals surface area contributed by atoms with Gasteiger partial charge in [0.2, 0.25) is 0 Å². The summed E-state index contributed by atoms with van der Waals surface area (Å²) in [5.41, 5.74) is 1.41. The molecule has 0 spiro atoms. The number of rotatable bonds is 7. The molecule has 1 aromatic carbocycles. The minimum atomic E-state index is 0.511. The van der Waals surface area contributed by atoms with E-state index >= 15 is 0 Å². The molecule has 2 heteroatoms. The van der Waals surface area contributed by atoms with Gasteiger partial charge in [0.1, 0.15) is 0 Å². The van der Waals surface area contributed by atoms with E-state index in [2.05, 4.69) is 75.3 Å². The molecule has 0 aliphatic carbocycles. The van der Waals surface area contributed by atoms with Crippen LogP contribution >= 0.6 is 0 Å². The van der Waals surface area contributed by atoms with Crippen molar-refractivity contribution in [2.75, 3.05) is 13.6 Å². The lowest BCUT2D eigenvalue weighted by molar-refractivity contribution is 0.157. The molecule has 0 heterocycles. The van der Waals surface area contributed by atoms with Gasteiger partial charge in [-0.25, -0.2) is 0 Å². The van der Waals surface area contributed by atoms with Gasteiger partial charge in [0.05, 0.1) is 0 Å². The summed E-state index contributed by atoms with van der Waals surface area (Å²) in [7, 11) is 2.06. The van der Waals surface area contributed by atoms with Crippen LogP contribution in [0.15, 0.2) is 30.3 Å². The van der Waals surface area contributed by atoms with E-state index in [1.807, 2.05) is 0 Å². The molecule has 0 aliphatic heterocycles. The Balaban J connectivity index is 2.61.